The molecule has 1 aromatic heterocycles. The summed E-state index contributed by atoms with van der Waals surface area (Å²) in [4.78, 5) is 11.6. The van der Waals surface area contributed by atoms with Crippen LogP contribution in [0.25, 0.3) is 0 Å². The molecule has 7 heteroatoms. The molecule has 22 heavy (non-hydrogen) atoms. The Kier molecular flexibility index (Phi) is 4.11. The minimum Gasteiger partial charge on any atom is -0.495 e. The van der Waals surface area contributed by atoms with Crippen molar-refractivity contribution in [1.29, 1.82) is 0 Å². The van der Waals surface area contributed by atoms with Crippen LogP contribution < -0.4 is 15.4 Å². The number of rotatable bonds is 5. The fourth-order valence-corrected chi connectivity index (χ4v) is 2.13. The lowest BCUT2D eigenvalue weighted by molar-refractivity contribution is -0.117. The van der Waals surface area contributed by atoms with Gasteiger partial charge in [0.25, 0.3) is 0 Å². The predicted octanol–water partition coefficient (Wildman–Crippen LogP) is 3.23. The Morgan fingerprint density at radius 3 is 2.59 bits per heavy atom. The highest BCUT2D eigenvalue weighted by Crippen LogP contribution is 2.31. The summed E-state index contributed by atoms with van der Waals surface area (Å²) >= 11 is 5.98. The number of ether oxygens (including phenoxy) is 1. The van der Waals surface area contributed by atoms with Gasteiger partial charge in [-0.2, -0.15) is 0 Å². The summed E-state index contributed by atoms with van der Waals surface area (Å²) in [6.45, 7) is 0. The molecule has 1 saturated carbocycles. The van der Waals surface area contributed by atoms with Gasteiger partial charge in [0.05, 0.1) is 12.8 Å². The van der Waals surface area contributed by atoms with E-state index in [-0.39, 0.29) is 11.8 Å². The predicted molar refractivity (Wildman–Crippen MR) is 84.7 cm³/mol. The third-order valence-electron chi connectivity index (χ3n) is 3.29. The Bertz CT molecular complexity index is 686. The topological polar surface area (TPSA) is 76.1 Å². The van der Waals surface area contributed by atoms with E-state index in [1.807, 2.05) is 0 Å². The van der Waals surface area contributed by atoms with Crippen LogP contribution in [0, 0.1) is 5.92 Å². The molecule has 0 bridgehead atoms. The van der Waals surface area contributed by atoms with E-state index in [9.17, 15) is 4.79 Å². The number of aromatic nitrogens is 2. The van der Waals surface area contributed by atoms with Gasteiger partial charge in [0.15, 0.2) is 11.6 Å². The number of amides is 1. The molecule has 2 N–H and O–H groups in total. The number of halogens is 1. The monoisotopic (exact) mass is 318 g/mol. The number of anilines is 3. The first-order valence-electron chi connectivity index (χ1n) is 6.91. The van der Waals surface area contributed by atoms with Crippen LogP contribution in [0.5, 0.6) is 5.75 Å². The largest absolute Gasteiger partial charge is 0.495 e. The number of benzene rings is 1. The highest BCUT2D eigenvalue weighted by atomic mass is 35.5. The van der Waals surface area contributed by atoms with Crippen LogP contribution in [-0.4, -0.2) is 23.2 Å². The summed E-state index contributed by atoms with van der Waals surface area (Å²) in [5, 5.41) is 14.4. The van der Waals surface area contributed by atoms with Crippen molar-refractivity contribution in [3.05, 3.63) is 35.4 Å². The molecule has 1 aliphatic carbocycles. The van der Waals surface area contributed by atoms with E-state index < -0.39 is 0 Å². The minimum absolute atomic E-state index is 0.00604. The zero-order chi connectivity index (χ0) is 15.5. The second-order valence-electron chi connectivity index (χ2n) is 5.04. The van der Waals surface area contributed by atoms with Gasteiger partial charge in [0, 0.05) is 10.9 Å². The van der Waals surface area contributed by atoms with Crippen LogP contribution in [-0.2, 0) is 4.79 Å². The molecule has 0 saturated heterocycles. The van der Waals surface area contributed by atoms with Crippen molar-refractivity contribution in [2.45, 2.75) is 12.8 Å². The molecule has 2 aromatic rings. The van der Waals surface area contributed by atoms with Crippen molar-refractivity contribution in [3.8, 4) is 5.75 Å². The first-order chi connectivity index (χ1) is 10.7. The molecule has 0 aliphatic heterocycles. The molecule has 114 valence electrons. The number of nitrogens with one attached hydrogen (secondary N) is 2. The van der Waals surface area contributed by atoms with Crippen molar-refractivity contribution in [1.82, 2.24) is 10.2 Å². The molecule has 0 radical (unpaired) electrons. The van der Waals surface area contributed by atoms with Gasteiger partial charge < -0.3 is 15.4 Å². The van der Waals surface area contributed by atoms with E-state index >= 15 is 0 Å². The first kappa shape index (κ1) is 14.6. The summed E-state index contributed by atoms with van der Waals surface area (Å²) in [5.74, 6) is 1.77. The van der Waals surface area contributed by atoms with Crippen LogP contribution >= 0.6 is 11.6 Å². The fraction of sp³-hybridized carbons (Fsp3) is 0.267. The Labute approximate surface area is 132 Å². The summed E-state index contributed by atoms with van der Waals surface area (Å²) in [7, 11) is 1.58. The van der Waals surface area contributed by atoms with E-state index in [0.29, 0.717) is 28.1 Å². The third kappa shape index (κ3) is 3.46. The van der Waals surface area contributed by atoms with Crippen LogP contribution in [0.15, 0.2) is 30.3 Å². The zero-order valence-electron chi connectivity index (χ0n) is 12.0. The number of hydrogen-bond donors (Lipinski definition) is 2. The molecule has 1 heterocycles. The molecular weight excluding hydrogens is 304 g/mol. The summed E-state index contributed by atoms with van der Waals surface area (Å²) in [6, 6.07) is 8.68. The van der Waals surface area contributed by atoms with Crippen LogP contribution in [0.2, 0.25) is 5.02 Å². The molecule has 0 spiro atoms. The van der Waals surface area contributed by atoms with E-state index in [4.69, 9.17) is 16.3 Å². The fourth-order valence-electron chi connectivity index (χ4n) is 1.96. The maximum atomic E-state index is 11.6. The smallest absolute Gasteiger partial charge is 0.228 e. The third-order valence-corrected chi connectivity index (χ3v) is 3.52. The van der Waals surface area contributed by atoms with Gasteiger partial charge in [-0.15, -0.1) is 10.2 Å². The average Bonchev–Trinajstić information content (AvgIpc) is 3.34. The minimum atomic E-state index is 0.00604. The quantitative estimate of drug-likeness (QED) is 0.885. The van der Waals surface area contributed by atoms with Gasteiger partial charge in [-0.3, -0.25) is 4.79 Å². The van der Waals surface area contributed by atoms with Crippen molar-refractivity contribution in [3.63, 3.8) is 0 Å². The SMILES string of the molecule is COc1ccc(Cl)cc1Nc1ccc(NC(=O)C2CC2)nn1. The van der Waals surface area contributed by atoms with Crippen molar-refractivity contribution < 1.29 is 9.53 Å². The van der Waals surface area contributed by atoms with Gasteiger partial charge >= 0.3 is 0 Å². The number of carbonyl (C=O) groups is 1. The number of methoxy groups -OCH3 is 1. The zero-order valence-corrected chi connectivity index (χ0v) is 12.7. The second-order valence-corrected chi connectivity index (χ2v) is 5.47. The number of carbonyl (C=O) groups excluding carboxylic acids is 1. The summed E-state index contributed by atoms with van der Waals surface area (Å²) in [5.41, 5.74) is 0.694. The Morgan fingerprint density at radius 1 is 1.23 bits per heavy atom. The molecule has 0 unspecified atom stereocenters. The highest BCUT2D eigenvalue weighted by Gasteiger charge is 2.29. The van der Waals surface area contributed by atoms with Crippen molar-refractivity contribution in [2.75, 3.05) is 17.7 Å². The average molecular weight is 319 g/mol. The van der Waals surface area contributed by atoms with Gasteiger partial charge in [-0.25, -0.2) is 0 Å². The Hall–Kier alpha value is -2.34. The second kappa shape index (κ2) is 6.19. The number of nitrogens with zero attached hydrogens (tertiary/aromatic N) is 2. The lowest BCUT2D eigenvalue weighted by Gasteiger charge is -2.11. The summed E-state index contributed by atoms with van der Waals surface area (Å²) in [6.07, 6.45) is 1.90. The maximum absolute atomic E-state index is 11.6. The van der Waals surface area contributed by atoms with E-state index in [0.717, 1.165) is 12.8 Å². The molecule has 1 amide bonds. The van der Waals surface area contributed by atoms with E-state index in [1.54, 1.807) is 37.4 Å². The molecule has 1 fully saturated rings. The molecular formula is C15H15ClN4O2. The number of hydrogen-bond acceptors (Lipinski definition) is 5. The van der Waals surface area contributed by atoms with Crippen LogP contribution in [0.3, 0.4) is 0 Å². The van der Waals surface area contributed by atoms with Gasteiger partial charge in [0.1, 0.15) is 5.75 Å². The molecule has 1 aromatic carbocycles. The standard InChI is InChI=1S/C15H15ClN4O2/c1-22-12-5-4-10(16)8-11(12)17-13-6-7-14(20-19-13)18-15(21)9-2-3-9/h4-9H,2-3H2,1H3,(H,17,19)(H,18,20,21). The maximum Gasteiger partial charge on any atom is 0.228 e. The van der Waals surface area contributed by atoms with Gasteiger partial charge in [-0.1, -0.05) is 11.6 Å². The first-order valence-corrected chi connectivity index (χ1v) is 7.28. The van der Waals surface area contributed by atoms with Crippen molar-refractivity contribution >= 4 is 34.8 Å². The Balaban J connectivity index is 1.70. The normalized spacial score (nSPS) is 13.5. The summed E-state index contributed by atoms with van der Waals surface area (Å²) < 4.78 is 5.26. The van der Waals surface area contributed by atoms with E-state index in [2.05, 4.69) is 20.8 Å². The molecule has 6 nitrogen and oxygen atoms in total. The molecule has 1 aliphatic rings. The lowest BCUT2D eigenvalue weighted by Crippen LogP contribution is -2.14. The highest BCUT2D eigenvalue weighted by molar-refractivity contribution is 6.31. The van der Waals surface area contributed by atoms with Gasteiger partial charge in [0.2, 0.25) is 5.91 Å². The molecule has 3 rings (SSSR count). The molecule has 0 atom stereocenters. The Morgan fingerprint density at radius 2 is 1.95 bits per heavy atom. The van der Waals surface area contributed by atoms with E-state index in [1.165, 1.54) is 0 Å². The van der Waals surface area contributed by atoms with Crippen LogP contribution in [0.4, 0.5) is 17.3 Å². The lowest BCUT2D eigenvalue weighted by atomic mass is 10.3. The van der Waals surface area contributed by atoms with Gasteiger partial charge in [-0.05, 0) is 43.2 Å². The van der Waals surface area contributed by atoms with Crippen molar-refractivity contribution in [2.24, 2.45) is 5.92 Å². The van der Waals surface area contributed by atoms with Crippen LogP contribution in [0.1, 0.15) is 12.8 Å².